The summed E-state index contributed by atoms with van der Waals surface area (Å²) in [5, 5.41) is 43.6. The predicted octanol–water partition coefficient (Wildman–Crippen LogP) is 4.38. The maximum absolute atomic E-state index is 15.7. The Labute approximate surface area is 266 Å². The lowest BCUT2D eigenvalue weighted by atomic mass is 9.66. The van der Waals surface area contributed by atoms with E-state index in [1.165, 1.54) is 11.1 Å². The highest BCUT2D eigenvalue weighted by molar-refractivity contribution is 5.45. The van der Waals surface area contributed by atoms with E-state index in [9.17, 15) is 15.3 Å². The highest BCUT2D eigenvalue weighted by atomic mass is 19.1. The number of ether oxygens (including phenoxy) is 1. The molecule has 0 radical (unpaired) electrons. The van der Waals surface area contributed by atoms with Crippen LogP contribution in [-0.4, -0.2) is 71.6 Å². The lowest BCUT2D eigenvalue weighted by Gasteiger charge is -2.41. The van der Waals surface area contributed by atoms with Gasteiger partial charge in [0.1, 0.15) is 24.7 Å². The van der Waals surface area contributed by atoms with Crippen LogP contribution in [0.3, 0.4) is 0 Å². The highest BCUT2D eigenvalue weighted by Gasteiger charge is 2.43. The van der Waals surface area contributed by atoms with Crippen LogP contribution < -0.4 is 21.3 Å². The molecule has 6 rings (SSSR count). The summed E-state index contributed by atoms with van der Waals surface area (Å²) >= 11 is 0. The number of fused-ring (bicyclic) bond motifs is 6. The number of aliphatic hydroxyl groups excluding tert-OH is 2. The van der Waals surface area contributed by atoms with Gasteiger partial charge in [-0.05, 0) is 113 Å². The van der Waals surface area contributed by atoms with Gasteiger partial charge in [-0.15, -0.1) is 0 Å². The summed E-state index contributed by atoms with van der Waals surface area (Å²) < 4.78 is 37.8. The smallest absolute Gasteiger partial charge is 0.151 e. The van der Waals surface area contributed by atoms with E-state index in [1.807, 2.05) is 12.3 Å². The largest absolute Gasteiger partial charge is 0.385 e. The van der Waals surface area contributed by atoms with Crippen LogP contribution in [-0.2, 0) is 4.74 Å². The molecule has 0 spiro atoms. The third-order valence-corrected chi connectivity index (χ3v) is 11.0. The molecule has 0 aromatic carbocycles. The first-order valence-electron chi connectivity index (χ1n) is 17.2. The van der Waals surface area contributed by atoms with Crippen molar-refractivity contribution in [3.05, 3.63) is 58.1 Å². The van der Waals surface area contributed by atoms with Crippen molar-refractivity contribution in [3.63, 3.8) is 0 Å². The van der Waals surface area contributed by atoms with Crippen molar-refractivity contribution >= 4 is 0 Å². The number of hydrogen-bond acceptors (Lipinski definition) is 8. The molecule has 8 nitrogen and oxygen atoms in total. The van der Waals surface area contributed by atoms with E-state index in [2.05, 4.69) is 34.3 Å². The lowest BCUT2D eigenvalue weighted by molar-refractivity contribution is -0.0449. The number of nitrogens with one attached hydrogen (secondary N) is 4. The summed E-state index contributed by atoms with van der Waals surface area (Å²) in [7, 11) is 0. The van der Waals surface area contributed by atoms with E-state index >= 15 is 8.78 Å². The molecule has 3 aliphatic heterocycles. The highest BCUT2D eigenvalue weighted by Crippen LogP contribution is 2.47. The fraction of sp³-hybridized carbons (Fsp3) is 0.714. The molecular formula is C35H52F2N4O4. The van der Waals surface area contributed by atoms with Crippen LogP contribution in [0.2, 0.25) is 0 Å². The number of hydrogen-bond donors (Lipinski definition) is 7. The van der Waals surface area contributed by atoms with Crippen LogP contribution in [0.1, 0.15) is 90.4 Å². The minimum atomic E-state index is -1.32. The maximum atomic E-state index is 15.7. The fourth-order valence-electron chi connectivity index (χ4n) is 8.28. The average Bonchev–Trinajstić information content (AvgIpc) is 3.71. The Balaban J connectivity index is 1.27. The van der Waals surface area contributed by atoms with Gasteiger partial charge in [-0.1, -0.05) is 18.6 Å². The summed E-state index contributed by atoms with van der Waals surface area (Å²) in [6.45, 7) is 3.69. The van der Waals surface area contributed by atoms with Crippen LogP contribution in [0.4, 0.5) is 8.78 Å². The standard InChI is InChI=1S/C35H52F2N4O4/c1-35(22-6-4-5-21(17-22)8-11-32(43)44)14-12-31(42)39-15-3-2-7-25-24-13-16-38-29(24)19-28(37)33(25)45-23-9-10-27(36)26(18-23)34-40-20-30(35)41-34/h17-20,22-23,27-28,31-34,38-44H,2-16H2,1H3. The molecule has 3 heterocycles. The number of halogens is 2. The summed E-state index contributed by atoms with van der Waals surface area (Å²) in [4.78, 5) is 0. The predicted molar refractivity (Wildman–Crippen MR) is 170 cm³/mol. The zero-order valence-corrected chi connectivity index (χ0v) is 26.5. The van der Waals surface area contributed by atoms with Crippen LogP contribution >= 0.6 is 0 Å². The summed E-state index contributed by atoms with van der Waals surface area (Å²) in [5.41, 5.74) is 5.53. The molecule has 0 aromatic heterocycles. The van der Waals surface area contributed by atoms with E-state index < -0.39 is 37.1 Å². The number of rotatable bonds is 4. The van der Waals surface area contributed by atoms with E-state index in [0.29, 0.717) is 50.6 Å². The van der Waals surface area contributed by atoms with Gasteiger partial charge in [0.25, 0.3) is 0 Å². The molecule has 8 atom stereocenters. The molecule has 45 heavy (non-hydrogen) atoms. The van der Waals surface area contributed by atoms with Crippen LogP contribution in [0.15, 0.2) is 58.1 Å². The van der Waals surface area contributed by atoms with E-state index in [1.54, 1.807) is 6.08 Å². The Hall–Kier alpha value is -2.24. The molecule has 1 saturated heterocycles. The first-order valence-corrected chi connectivity index (χ1v) is 17.2. The van der Waals surface area contributed by atoms with E-state index in [-0.39, 0.29) is 17.4 Å². The van der Waals surface area contributed by atoms with Crippen LogP contribution in [0.5, 0.6) is 0 Å². The van der Waals surface area contributed by atoms with Crippen LogP contribution in [0, 0.1) is 11.3 Å². The second kappa shape index (κ2) is 14.3. The molecule has 6 aliphatic rings. The van der Waals surface area contributed by atoms with Gasteiger partial charge >= 0.3 is 0 Å². The van der Waals surface area contributed by atoms with Gasteiger partial charge in [-0.3, -0.25) is 5.32 Å². The summed E-state index contributed by atoms with van der Waals surface area (Å²) in [6, 6.07) is 0. The minimum absolute atomic E-state index is 0.175. The third kappa shape index (κ3) is 7.35. The fourth-order valence-corrected chi connectivity index (χ4v) is 8.28. The van der Waals surface area contributed by atoms with Crippen molar-refractivity contribution < 1.29 is 28.8 Å². The molecule has 0 saturated carbocycles. The SMILES string of the molecule is CC1(C2C=C(CCC(O)O)CCC2)CCC(O)NCCCCC2=C3CCNC3=CC(F)C2OC2C=C(C(F)CC2)C2NC=C1N2. The summed E-state index contributed by atoms with van der Waals surface area (Å²) in [5.74, 6) is 0.175. The van der Waals surface area contributed by atoms with Crippen molar-refractivity contribution in [1.29, 1.82) is 0 Å². The summed E-state index contributed by atoms with van der Waals surface area (Å²) in [6.07, 6.45) is 11.2. The Bertz CT molecular complexity index is 1230. The normalized spacial score (nSPS) is 37.9. The molecule has 7 N–H and O–H groups in total. The van der Waals surface area contributed by atoms with Crippen molar-refractivity contribution in [2.45, 2.75) is 134 Å². The van der Waals surface area contributed by atoms with Crippen LogP contribution in [0.25, 0.3) is 0 Å². The first kappa shape index (κ1) is 32.7. The van der Waals surface area contributed by atoms with Gasteiger partial charge < -0.3 is 36.0 Å². The Morgan fingerprint density at radius 3 is 2.71 bits per heavy atom. The molecule has 0 aromatic rings. The van der Waals surface area contributed by atoms with Crippen molar-refractivity contribution in [3.8, 4) is 0 Å². The van der Waals surface area contributed by atoms with Gasteiger partial charge in [0.05, 0.1) is 6.10 Å². The van der Waals surface area contributed by atoms with Crippen molar-refractivity contribution in [2.24, 2.45) is 11.3 Å². The van der Waals surface area contributed by atoms with Gasteiger partial charge in [-0.2, -0.15) is 0 Å². The maximum Gasteiger partial charge on any atom is 0.151 e. The molecule has 0 amide bonds. The topological polar surface area (TPSA) is 118 Å². The van der Waals surface area contributed by atoms with E-state index in [0.717, 1.165) is 68.5 Å². The monoisotopic (exact) mass is 630 g/mol. The second-order valence-electron chi connectivity index (χ2n) is 14.0. The Kier molecular flexibility index (Phi) is 10.4. The van der Waals surface area contributed by atoms with Crippen molar-refractivity contribution in [2.75, 3.05) is 13.1 Å². The third-order valence-electron chi connectivity index (χ3n) is 11.0. The van der Waals surface area contributed by atoms with Crippen molar-refractivity contribution in [1.82, 2.24) is 21.3 Å². The zero-order chi connectivity index (χ0) is 31.6. The first-order chi connectivity index (χ1) is 21.7. The molecule has 8 unspecified atom stereocenters. The quantitative estimate of drug-likeness (QED) is 0.181. The van der Waals surface area contributed by atoms with Gasteiger partial charge in [0.2, 0.25) is 0 Å². The second-order valence-corrected chi connectivity index (χ2v) is 14.0. The van der Waals surface area contributed by atoms with Gasteiger partial charge in [0.15, 0.2) is 12.5 Å². The zero-order valence-electron chi connectivity index (χ0n) is 26.5. The molecule has 10 heteroatoms. The average molecular weight is 631 g/mol. The molecule has 250 valence electrons. The van der Waals surface area contributed by atoms with E-state index in [4.69, 9.17) is 4.74 Å². The van der Waals surface area contributed by atoms with Gasteiger partial charge in [0, 0.05) is 41.5 Å². The molecule has 1 fully saturated rings. The number of aliphatic hydroxyl groups is 3. The van der Waals surface area contributed by atoms with Gasteiger partial charge in [-0.25, -0.2) is 8.78 Å². The molecule has 3 aliphatic carbocycles. The minimum Gasteiger partial charge on any atom is -0.385 e. The number of alkyl halides is 2. The Morgan fingerprint density at radius 1 is 1.00 bits per heavy atom. The lowest BCUT2D eigenvalue weighted by Crippen LogP contribution is -2.44. The Morgan fingerprint density at radius 2 is 1.87 bits per heavy atom. The molecule has 4 bridgehead atoms. The number of allylic oxidation sites excluding steroid dienone is 4. The molecular weight excluding hydrogens is 578 g/mol.